The molecule has 0 atom stereocenters. The fourth-order valence-corrected chi connectivity index (χ4v) is 3.25. The van der Waals surface area contributed by atoms with Gasteiger partial charge in [-0.1, -0.05) is 36.0 Å². The molecule has 2 aromatic carbocycles. The second kappa shape index (κ2) is 4.75. The quantitative estimate of drug-likeness (QED) is 0.554. The highest BCUT2D eigenvalue weighted by molar-refractivity contribution is 7.99. The van der Waals surface area contributed by atoms with E-state index in [1.807, 2.05) is 30.3 Å². The topological polar surface area (TPSA) is 74.7 Å². The molecule has 2 heterocycles. The molecular formula is C15H10N4OS. The second-order valence-corrected chi connectivity index (χ2v) is 5.54. The van der Waals surface area contributed by atoms with Crippen LogP contribution >= 0.6 is 11.8 Å². The van der Waals surface area contributed by atoms with Gasteiger partial charge in [-0.15, -0.1) is 0 Å². The number of phenols is 1. The van der Waals surface area contributed by atoms with Crippen LogP contribution in [0.5, 0.6) is 5.75 Å². The Bertz CT molecular complexity index is 951. The first kappa shape index (κ1) is 12.2. The normalized spacial score (nSPS) is 11.2. The third-order valence-electron chi connectivity index (χ3n) is 3.26. The van der Waals surface area contributed by atoms with Gasteiger partial charge in [0, 0.05) is 10.3 Å². The van der Waals surface area contributed by atoms with Crippen LogP contribution in [-0.4, -0.2) is 25.0 Å². The number of benzene rings is 2. The Morgan fingerprint density at radius 2 is 1.81 bits per heavy atom. The van der Waals surface area contributed by atoms with Crippen molar-refractivity contribution in [3.63, 3.8) is 0 Å². The lowest BCUT2D eigenvalue weighted by atomic mass is 10.1. The van der Waals surface area contributed by atoms with Crippen LogP contribution in [0.25, 0.3) is 21.9 Å². The lowest BCUT2D eigenvalue weighted by Crippen LogP contribution is -1.86. The number of H-pyrrole nitrogens is 1. The van der Waals surface area contributed by atoms with E-state index >= 15 is 0 Å². The molecule has 0 unspecified atom stereocenters. The summed E-state index contributed by atoms with van der Waals surface area (Å²) in [6, 6.07) is 11.4. The van der Waals surface area contributed by atoms with Gasteiger partial charge in [-0.05, 0) is 17.5 Å². The summed E-state index contributed by atoms with van der Waals surface area (Å²) in [4.78, 5) is 16.7. The van der Waals surface area contributed by atoms with Crippen molar-refractivity contribution in [3.05, 3.63) is 49.1 Å². The lowest BCUT2D eigenvalue weighted by molar-refractivity contribution is 0.481. The summed E-state index contributed by atoms with van der Waals surface area (Å²) in [5.41, 5.74) is 1.47. The number of hydrogen-bond donors (Lipinski definition) is 2. The maximum Gasteiger partial charge on any atom is 0.181 e. The molecule has 5 nitrogen and oxygen atoms in total. The molecule has 21 heavy (non-hydrogen) atoms. The highest BCUT2D eigenvalue weighted by Crippen LogP contribution is 2.37. The highest BCUT2D eigenvalue weighted by atomic mass is 32.2. The van der Waals surface area contributed by atoms with Crippen molar-refractivity contribution in [2.45, 2.75) is 9.92 Å². The summed E-state index contributed by atoms with van der Waals surface area (Å²) in [6.07, 6.45) is 3.12. The van der Waals surface area contributed by atoms with Crippen LogP contribution in [0.2, 0.25) is 0 Å². The number of aromatic nitrogens is 4. The fourth-order valence-electron chi connectivity index (χ4n) is 2.27. The van der Waals surface area contributed by atoms with Crippen molar-refractivity contribution in [3.8, 4) is 5.75 Å². The molecule has 0 aliphatic heterocycles. The predicted molar refractivity (Wildman–Crippen MR) is 81.4 cm³/mol. The van der Waals surface area contributed by atoms with Gasteiger partial charge < -0.3 is 10.1 Å². The van der Waals surface area contributed by atoms with E-state index in [1.54, 1.807) is 12.4 Å². The summed E-state index contributed by atoms with van der Waals surface area (Å²) in [7, 11) is 0. The molecule has 102 valence electrons. The van der Waals surface area contributed by atoms with E-state index in [0.717, 1.165) is 26.2 Å². The third kappa shape index (κ3) is 2.00. The van der Waals surface area contributed by atoms with Crippen molar-refractivity contribution >= 4 is 33.7 Å². The number of imidazole rings is 1. The average Bonchev–Trinajstić information content (AvgIpc) is 3.00. The fraction of sp³-hybridized carbons (Fsp3) is 0. The monoisotopic (exact) mass is 294 g/mol. The van der Waals surface area contributed by atoms with Crippen molar-refractivity contribution in [2.24, 2.45) is 0 Å². The standard InChI is InChI=1S/C15H10N4OS/c20-11-5-6-12(10-4-2-1-3-9(10)11)21-15-13-14(17-7-16-13)18-8-19-15/h1-8,20H,(H,16,17,18,19). The van der Waals surface area contributed by atoms with Gasteiger partial charge in [-0.2, -0.15) is 0 Å². The van der Waals surface area contributed by atoms with E-state index in [2.05, 4.69) is 19.9 Å². The molecule has 2 aromatic heterocycles. The van der Waals surface area contributed by atoms with Gasteiger partial charge >= 0.3 is 0 Å². The first-order valence-corrected chi connectivity index (χ1v) is 7.17. The lowest BCUT2D eigenvalue weighted by Gasteiger charge is -2.07. The first-order chi connectivity index (χ1) is 10.3. The number of hydrogen-bond acceptors (Lipinski definition) is 5. The molecule has 0 saturated heterocycles. The first-order valence-electron chi connectivity index (χ1n) is 6.35. The Balaban J connectivity index is 1.88. The van der Waals surface area contributed by atoms with Gasteiger partial charge in [0.15, 0.2) is 5.65 Å². The number of nitrogens with one attached hydrogen (secondary N) is 1. The van der Waals surface area contributed by atoms with E-state index in [-0.39, 0.29) is 5.75 Å². The van der Waals surface area contributed by atoms with Crippen LogP contribution in [-0.2, 0) is 0 Å². The van der Waals surface area contributed by atoms with Crippen molar-refractivity contribution in [1.29, 1.82) is 0 Å². The molecular weight excluding hydrogens is 284 g/mol. The maximum absolute atomic E-state index is 9.95. The van der Waals surface area contributed by atoms with E-state index in [1.165, 1.54) is 18.1 Å². The van der Waals surface area contributed by atoms with Gasteiger partial charge in [0.1, 0.15) is 22.6 Å². The van der Waals surface area contributed by atoms with Gasteiger partial charge in [-0.3, -0.25) is 0 Å². The molecule has 0 amide bonds. The zero-order valence-corrected chi connectivity index (χ0v) is 11.6. The Labute approximate surface area is 124 Å². The maximum atomic E-state index is 9.95. The molecule has 6 heteroatoms. The molecule has 4 aromatic rings. The Kier molecular flexibility index (Phi) is 2.75. The number of nitrogens with zero attached hydrogens (tertiary/aromatic N) is 3. The van der Waals surface area contributed by atoms with Gasteiger partial charge in [0.2, 0.25) is 0 Å². The van der Waals surface area contributed by atoms with Crippen molar-refractivity contribution in [1.82, 2.24) is 19.9 Å². The SMILES string of the molecule is Oc1ccc(Sc2ncnc3nc[nH]c23)c2ccccc12. The molecule has 0 aliphatic carbocycles. The van der Waals surface area contributed by atoms with E-state index < -0.39 is 0 Å². The van der Waals surface area contributed by atoms with Crippen molar-refractivity contribution < 1.29 is 5.11 Å². The molecule has 4 rings (SSSR count). The zero-order valence-electron chi connectivity index (χ0n) is 10.8. The van der Waals surface area contributed by atoms with Crippen LogP contribution in [0, 0.1) is 0 Å². The smallest absolute Gasteiger partial charge is 0.181 e. The van der Waals surface area contributed by atoms with Gasteiger partial charge in [0.25, 0.3) is 0 Å². The third-order valence-corrected chi connectivity index (χ3v) is 4.33. The minimum absolute atomic E-state index is 0.282. The Morgan fingerprint density at radius 3 is 2.71 bits per heavy atom. The van der Waals surface area contributed by atoms with Crippen LogP contribution in [0.1, 0.15) is 0 Å². The molecule has 0 radical (unpaired) electrons. The summed E-state index contributed by atoms with van der Waals surface area (Å²) < 4.78 is 0. The summed E-state index contributed by atoms with van der Waals surface area (Å²) in [6.45, 7) is 0. The van der Waals surface area contributed by atoms with Gasteiger partial charge in [0.05, 0.1) is 6.33 Å². The zero-order chi connectivity index (χ0) is 14.2. The summed E-state index contributed by atoms with van der Waals surface area (Å²) in [5, 5.41) is 12.6. The molecule has 0 aliphatic rings. The Hall–Kier alpha value is -2.60. The number of aromatic amines is 1. The number of fused-ring (bicyclic) bond motifs is 2. The highest BCUT2D eigenvalue weighted by Gasteiger charge is 2.11. The summed E-state index contributed by atoms with van der Waals surface area (Å²) in [5.74, 6) is 0.282. The number of phenolic OH excluding ortho intramolecular Hbond substituents is 1. The second-order valence-electron chi connectivity index (χ2n) is 4.51. The number of aromatic hydroxyl groups is 1. The summed E-state index contributed by atoms with van der Waals surface area (Å²) >= 11 is 1.53. The average molecular weight is 294 g/mol. The molecule has 0 fully saturated rings. The van der Waals surface area contributed by atoms with Gasteiger partial charge in [-0.25, -0.2) is 15.0 Å². The van der Waals surface area contributed by atoms with Crippen LogP contribution < -0.4 is 0 Å². The predicted octanol–water partition coefficient (Wildman–Crippen LogP) is 3.36. The number of rotatable bonds is 2. The molecule has 2 N–H and O–H groups in total. The minimum Gasteiger partial charge on any atom is -0.507 e. The van der Waals surface area contributed by atoms with E-state index in [9.17, 15) is 5.11 Å². The van der Waals surface area contributed by atoms with Crippen LogP contribution in [0.3, 0.4) is 0 Å². The molecule has 0 spiro atoms. The van der Waals surface area contributed by atoms with E-state index in [4.69, 9.17) is 0 Å². The largest absolute Gasteiger partial charge is 0.507 e. The van der Waals surface area contributed by atoms with Crippen molar-refractivity contribution in [2.75, 3.05) is 0 Å². The Morgan fingerprint density at radius 1 is 0.952 bits per heavy atom. The van der Waals surface area contributed by atoms with Crippen LogP contribution in [0.4, 0.5) is 0 Å². The van der Waals surface area contributed by atoms with E-state index in [0.29, 0.717) is 5.65 Å². The van der Waals surface area contributed by atoms with Crippen LogP contribution in [0.15, 0.2) is 59.0 Å². The minimum atomic E-state index is 0.282. The molecule has 0 saturated carbocycles. The molecule has 0 bridgehead atoms.